The minimum absolute atomic E-state index is 0.220. The maximum absolute atomic E-state index is 9.60. The van der Waals surface area contributed by atoms with Crippen LogP contribution in [0.4, 0.5) is 5.69 Å². The first-order valence-electron chi connectivity index (χ1n) is 5.03. The topological polar surface area (TPSA) is 68.0 Å². The number of nitrogen functional groups attached to an aromatic ring is 1. The van der Waals surface area contributed by atoms with Crippen molar-refractivity contribution < 1.29 is 14.7 Å². The fourth-order valence-electron chi connectivity index (χ4n) is 1.18. The quantitative estimate of drug-likeness (QED) is 0.546. The first-order valence-corrected chi connectivity index (χ1v) is 5.03. The fraction of sp³-hybridized carbons (Fsp3) is 0.455. The van der Waals surface area contributed by atoms with Crippen molar-refractivity contribution in [2.24, 2.45) is 0 Å². The molecule has 0 heterocycles. The Kier molecular flexibility index (Phi) is 5.04. The molecule has 0 bridgehead atoms. The second-order valence-electron chi connectivity index (χ2n) is 3.53. The summed E-state index contributed by atoms with van der Waals surface area (Å²) in [5.74, 6) is 0.688. The van der Waals surface area contributed by atoms with Crippen molar-refractivity contribution in [3.63, 3.8) is 0 Å². The molecule has 90 valence electrons. The summed E-state index contributed by atoms with van der Waals surface area (Å²) >= 11 is 0. The third kappa shape index (κ3) is 4.48. The maximum Gasteiger partial charge on any atom is 0.119 e. The van der Waals surface area contributed by atoms with Gasteiger partial charge in [0, 0.05) is 12.7 Å². The van der Waals surface area contributed by atoms with E-state index < -0.39 is 6.10 Å². The van der Waals surface area contributed by atoms with Crippen molar-refractivity contribution >= 4 is 5.69 Å². The molecular formula is C11H18N2O3. The third-order valence-corrected chi connectivity index (χ3v) is 2.10. The van der Waals surface area contributed by atoms with E-state index in [1.54, 1.807) is 38.4 Å². The molecule has 1 atom stereocenters. The number of likely N-dealkylation sites (N-methyl/N-ethyl adjacent to an activating group) is 1. The average Bonchev–Trinajstić information content (AvgIpc) is 2.28. The van der Waals surface area contributed by atoms with Crippen molar-refractivity contribution in [2.45, 2.75) is 6.10 Å². The van der Waals surface area contributed by atoms with Crippen LogP contribution in [0.3, 0.4) is 0 Å². The summed E-state index contributed by atoms with van der Waals surface area (Å²) in [6, 6.07) is 7.04. The minimum atomic E-state index is -0.595. The van der Waals surface area contributed by atoms with E-state index in [9.17, 15) is 5.11 Å². The molecule has 0 spiro atoms. The molecule has 0 aromatic heterocycles. The van der Waals surface area contributed by atoms with E-state index in [2.05, 4.69) is 0 Å². The maximum atomic E-state index is 9.60. The molecule has 0 amide bonds. The lowest BCUT2D eigenvalue weighted by Gasteiger charge is -2.18. The first kappa shape index (κ1) is 12.8. The predicted molar refractivity (Wildman–Crippen MR) is 62.0 cm³/mol. The Bertz CT molecular complexity index is 303. The van der Waals surface area contributed by atoms with Crippen LogP contribution in [0.1, 0.15) is 0 Å². The highest BCUT2D eigenvalue weighted by atomic mass is 16.7. The molecule has 0 radical (unpaired) electrons. The molecule has 3 N–H and O–H groups in total. The van der Waals surface area contributed by atoms with Crippen molar-refractivity contribution in [2.75, 3.05) is 33.0 Å². The van der Waals surface area contributed by atoms with Gasteiger partial charge in [0.25, 0.3) is 0 Å². The van der Waals surface area contributed by atoms with Gasteiger partial charge in [-0.3, -0.25) is 0 Å². The van der Waals surface area contributed by atoms with E-state index in [-0.39, 0.29) is 6.61 Å². The highest BCUT2D eigenvalue weighted by Gasteiger charge is 2.08. The molecule has 0 fully saturated rings. The van der Waals surface area contributed by atoms with Crippen LogP contribution in [0.2, 0.25) is 0 Å². The van der Waals surface area contributed by atoms with Gasteiger partial charge in [-0.1, -0.05) is 0 Å². The highest BCUT2D eigenvalue weighted by molar-refractivity contribution is 5.41. The van der Waals surface area contributed by atoms with Gasteiger partial charge in [0.15, 0.2) is 0 Å². The Hall–Kier alpha value is -1.30. The minimum Gasteiger partial charge on any atom is -0.491 e. The summed E-state index contributed by atoms with van der Waals surface area (Å²) in [7, 11) is 3.29. The number of aliphatic hydroxyl groups excluding tert-OH is 1. The summed E-state index contributed by atoms with van der Waals surface area (Å²) < 4.78 is 5.38. The zero-order chi connectivity index (χ0) is 12.0. The number of ether oxygens (including phenoxy) is 1. The number of hydrogen-bond donors (Lipinski definition) is 2. The Morgan fingerprint density at radius 2 is 2.00 bits per heavy atom. The third-order valence-electron chi connectivity index (χ3n) is 2.10. The van der Waals surface area contributed by atoms with Crippen LogP contribution >= 0.6 is 0 Å². The molecule has 0 aliphatic rings. The second kappa shape index (κ2) is 6.32. The molecular weight excluding hydrogens is 208 g/mol. The van der Waals surface area contributed by atoms with Crippen molar-refractivity contribution in [1.82, 2.24) is 5.06 Å². The van der Waals surface area contributed by atoms with Gasteiger partial charge in [-0.25, -0.2) is 0 Å². The normalized spacial score (nSPS) is 12.8. The van der Waals surface area contributed by atoms with Crippen LogP contribution in [0.25, 0.3) is 0 Å². The standard InChI is InChI=1S/C11H18N2O3/c1-13(15-2)7-10(14)8-16-11-5-3-9(12)4-6-11/h3-6,10,14H,7-8,12H2,1-2H3. The first-order chi connectivity index (χ1) is 7.61. The number of nitrogens with zero attached hydrogens (tertiary/aromatic N) is 1. The van der Waals surface area contributed by atoms with Gasteiger partial charge in [0.05, 0.1) is 13.7 Å². The van der Waals surface area contributed by atoms with Crippen LogP contribution in [0.5, 0.6) is 5.75 Å². The largest absolute Gasteiger partial charge is 0.491 e. The van der Waals surface area contributed by atoms with Crippen molar-refractivity contribution in [3.8, 4) is 5.75 Å². The smallest absolute Gasteiger partial charge is 0.119 e. The summed E-state index contributed by atoms with van der Waals surface area (Å²) in [6.07, 6.45) is -0.595. The average molecular weight is 226 g/mol. The lowest BCUT2D eigenvalue weighted by molar-refractivity contribution is -0.130. The molecule has 0 saturated carbocycles. The second-order valence-corrected chi connectivity index (χ2v) is 3.53. The van der Waals surface area contributed by atoms with Gasteiger partial charge in [-0.15, -0.1) is 0 Å². The van der Waals surface area contributed by atoms with Crippen LogP contribution in [0.15, 0.2) is 24.3 Å². The van der Waals surface area contributed by atoms with E-state index >= 15 is 0 Å². The molecule has 1 unspecified atom stereocenters. The molecule has 1 rings (SSSR count). The number of aliphatic hydroxyl groups is 1. The lowest BCUT2D eigenvalue weighted by Crippen LogP contribution is -2.32. The number of nitrogens with two attached hydrogens (primary N) is 1. The monoisotopic (exact) mass is 226 g/mol. The Morgan fingerprint density at radius 3 is 2.56 bits per heavy atom. The molecule has 16 heavy (non-hydrogen) atoms. The van der Waals surface area contributed by atoms with Crippen molar-refractivity contribution in [1.29, 1.82) is 0 Å². The molecule has 1 aromatic carbocycles. The Morgan fingerprint density at radius 1 is 1.38 bits per heavy atom. The molecule has 0 aliphatic heterocycles. The highest BCUT2D eigenvalue weighted by Crippen LogP contribution is 2.13. The zero-order valence-electron chi connectivity index (χ0n) is 9.59. The van der Waals surface area contributed by atoms with Crippen LogP contribution in [0, 0.1) is 0 Å². The summed E-state index contributed by atoms with van der Waals surface area (Å²) in [5, 5.41) is 11.1. The zero-order valence-corrected chi connectivity index (χ0v) is 9.59. The number of benzene rings is 1. The van der Waals surface area contributed by atoms with E-state index in [0.29, 0.717) is 18.0 Å². The molecule has 0 aliphatic carbocycles. The summed E-state index contributed by atoms with van der Waals surface area (Å²) in [4.78, 5) is 4.89. The van der Waals surface area contributed by atoms with Gasteiger partial charge in [0.2, 0.25) is 0 Å². The Balaban J connectivity index is 2.31. The number of rotatable bonds is 6. The van der Waals surface area contributed by atoms with Gasteiger partial charge in [0.1, 0.15) is 18.5 Å². The molecule has 1 aromatic rings. The fourth-order valence-corrected chi connectivity index (χ4v) is 1.18. The predicted octanol–water partition coefficient (Wildman–Crippen LogP) is 0.502. The lowest BCUT2D eigenvalue weighted by atomic mass is 10.3. The molecule has 0 saturated heterocycles. The molecule has 5 nitrogen and oxygen atoms in total. The van der Waals surface area contributed by atoms with Crippen LogP contribution in [-0.4, -0.2) is 43.6 Å². The van der Waals surface area contributed by atoms with E-state index in [0.717, 1.165) is 0 Å². The number of hydrogen-bond acceptors (Lipinski definition) is 5. The van der Waals surface area contributed by atoms with Gasteiger partial charge in [-0.2, -0.15) is 5.06 Å². The van der Waals surface area contributed by atoms with E-state index in [1.165, 1.54) is 5.06 Å². The SMILES string of the molecule is CON(C)CC(O)COc1ccc(N)cc1. The summed E-state index contributed by atoms with van der Waals surface area (Å²) in [5.41, 5.74) is 6.23. The van der Waals surface area contributed by atoms with E-state index in [4.69, 9.17) is 15.3 Å². The van der Waals surface area contributed by atoms with Gasteiger partial charge >= 0.3 is 0 Å². The number of hydroxylamine groups is 2. The van der Waals surface area contributed by atoms with E-state index in [1.807, 2.05) is 0 Å². The Labute approximate surface area is 95.3 Å². The van der Waals surface area contributed by atoms with Gasteiger partial charge < -0.3 is 20.4 Å². The van der Waals surface area contributed by atoms with Gasteiger partial charge in [-0.05, 0) is 24.3 Å². The van der Waals surface area contributed by atoms with Crippen LogP contribution < -0.4 is 10.5 Å². The summed E-state index contributed by atoms with van der Waals surface area (Å²) in [6.45, 7) is 0.614. The van der Waals surface area contributed by atoms with Crippen molar-refractivity contribution in [3.05, 3.63) is 24.3 Å². The molecule has 5 heteroatoms. The van der Waals surface area contributed by atoms with Crippen LogP contribution in [-0.2, 0) is 4.84 Å². The number of anilines is 1.